The zero-order chi connectivity index (χ0) is 11.4. The standard InChI is InChI=1S/C13H17NO2/c1-2-16-12-8-6-11(7-9-12)14-13(15)10-4-3-5-10/h6-10H,2-5H2,1H3,(H,14,15). The van der Waals surface area contributed by atoms with Crippen LogP contribution in [0.5, 0.6) is 5.75 Å². The van der Waals surface area contributed by atoms with Crippen molar-refractivity contribution in [3.63, 3.8) is 0 Å². The van der Waals surface area contributed by atoms with Crippen LogP contribution in [0.4, 0.5) is 5.69 Å². The second-order valence-electron chi connectivity index (χ2n) is 4.07. The lowest BCUT2D eigenvalue weighted by molar-refractivity contribution is -0.122. The average Bonchev–Trinajstić information content (AvgIpc) is 2.18. The molecule has 0 heterocycles. The van der Waals surface area contributed by atoms with E-state index in [4.69, 9.17) is 4.74 Å². The largest absolute Gasteiger partial charge is 0.494 e. The second-order valence-corrected chi connectivity index (χ2v) is 4.07. The van der Waals surface area contributed by atoms with Crippen LogP contribution in [-0.4, -0.2) is 12.5 Å². The highest BCUT2D eigenvalue weighted by Gasteiger charge is 2.24. The van der Waals surface area contributed by atoms with E-state index in [0.29, 0.717) is 6.61 Å². The van der Waals surface area contributed by atoms with Crippen LogP contribution >= 0.6 is 0 Å². The molecular formula is C13H17NO2. The first-order valence-electron chi connectivity index (χ1n) is 5.83. The van der Waals surface area contributed by atoms with Gasteiger partial charge in [-0.05, 0) is 44.0 Å². The van der Waals surface area contributed by atoms with E-state index in [1.54, 1.807) is 0 Å². The number of nitrogens with one attached hydrogen (secondary N) is 1. The van der Waals surface area contributed by atoms with Crippen molar-refractivity contribution in [1.29, 1.82) is 0 Å². The molecule has 0 aliphatic heterocycles. The van der Waals surface area contributed by atoms with Gasteiger partial charge in [-0.15, -0.1) is 0 Å². The van der Waals surface area contributed by atoms with E-state index in [2.05, 4.69) is 5.32 Å². The Morgan fingerprint density at radius 3 is 2.56 bits per heavy atom. The molecule has 86 valence electrons. The Hall–Kier alpha value is -1.51. The maximum atomic E-state index is 11.7. The zero-order valence-electron chi connectivity index (χ0n) is 9.53. The molecule has 1 fully saturated rings. The maximum absolute atomic E-state index is 11.7. The summed E-state index contributed by atoms with van der Waals surface area (Å²) < 4.78 is 5.33. The van der Waals surface area contributed by atoms with Gasteiger partial charge >= 0.3 is 0 Å². The number of hydrogen-bond acceptors (Lipinski definition) is 2. The van der Waals surface area contributed by atoms with E-state index in [-0.39, 0.29) is 11.8 Å². The van der Waals surface area contributed by atoms with Crippen molar-refractivity contribution < 1.29 is 9.53 Å². The Balaban J connectivity index is 1.91. The van der Waals surface area contributed by atoms with Gasteiger partial charge in [0.05, 0.1) is 6.61 Å². The van der Waals surface area contributed by atoms with Crippen LogP contribution in [-0.2, 0) is 4.79 Å². The van der Waals surface area contributed by atoms with Crippen molar-refractivity contribution in [2.24, 2.45) is 5.92 Å². The van der Waals surface area contributed by atoms with E-state index in [0.717, 1.165) is 24.3 Å². The maximum Gasteiger partial charge on any atom is 0.227 e. The van der Waals surface area contributed by atoms with Crippen LogP contribution in [0.3, 0.4) is 0 Å². The Morgan fingerprint density at radius 1 is 1.38 bits per heavy atom. The molecule has 0 spiro atoms. The molecule has 1 aliphatic carbocycles. The molecule has 1 amide bonds. The van der Waals surface area contributed by atoms with Crippen molar-refractivity contribution >= 4 is 11.6 Å². The summed E-state index contributed by atoms with van der Waals surface area (Å²) in [6, 6.07) is 7.50. The SMILES string of the molecule is CCOc1ccc(NC(=O)C2CCC2)cc1. The highest BCUT2D eigenvalue weighted by molar-refractivity contribution is 5.93. The van der Waals surface area contributed by atoms with Crippen LogP contribution in [0.25, 0.3) is 0 Å². The molecule has 1 aromatic carbocycles. The summed E-state index contributed by atoms with van der Waals surface area (Å²) >= 11 is 0. The minimum absolute atomic E-state index is 0.149. The lowest BCUT2D eigenvalue weighted by atomic mass is 9.85. The number of carbonyl (C=O) groups is 1. The summed E-state index contributed by atoms with van der Waals surface area (Å²) in [6.45, 7) is 2.61. The van der Waals surface area contributed by atoms with E-state index >= 15 is 0 Å². The van der Waals surface area contributed by atoms with E-state index in [1.165, 1.54) is 6.42 Å². The molecule has 3 heteroatoms. The second kappa shape index (κ2) is 5.01. The molecule has 2 rings (SSSR count). The number of benzene rings is 1. The van der Waals surface area contributed by atoms with Crippen molar-refractivity contribution in [3.8, 4) is 5.75 Å². The predicted molar refractivity (Wildman–Crippen MR) is 63.6 cm³/mol. The predicted octanol–water partition coefficient (Wildman–Crippen LogP) is 2.82. The normalized spacial score (nSPS) is 15.3. The van der Waals surface area contributed by atoms with Crippen molar-refractivity contribution in [1.82, 2.24) is 0 Å². The number of anilines is 1. The lowest BCUT2D eigenvalue weighted by Crippen LogP contribution is -2.27. The van der Waals surface area contributed by atoms with E-state index < -0.39 is 0 Å². The van der Waals surface area contributed by atoms with Gasteiger partial charge in [0, 0.05) is 11.6 Å². The molecule has 1 aromatic rings. The number of amides is 1. The minimum Gasteiger partial charge on any atom is -0.494 e. The Morgan fingerprint density at radius 2 is 2.06 bits per heavy atom. The van der Waals surface area contributed by atoms with Gasteiger partial charge in [-0.2, -0.15) is 0 Å². The monoisotopic (exact) mass is 219 g/mol. The van der Waals surface area contributed by atoms with Crippen LogP contribution in [0, 0.1) is 5.92 Å². The summed E-state index contributed by atoms with van der Waals surface area (Å²) in [5, 5.41) is 2.92. The first-order valence-corrected chi connectivity index (χ1v) is 5.83. The van der Waals surface area contributed by atoms with Gasteiger partial charge in [-0.3, -0.25) is 4.79 Å². The van der Waals surface area contributed by atoms with Gasteiger partial charge < -0.3 is 10.1 Å². The fourth-order valence-corrected chi connectivity index (χ4v) is 1.72. The van der Waals surface area contributed by atoms with E-state index in [9.17, 15) is 4.79 Å². The van der Waals surface area contributed by atoms with Gasteiger partial charge in [0.15, 0.2) is 0 Å². The van der Waals surface area contributed by atoms with Crippen LogP contribution in [0.1, 0.15) is 26.2 Å². The molecule has 0 saturated heterocycles. The fourth-order valence-electron chi connectivity index (χ4n) is 1.72. The first kappa shape index (κ1) is 11.0. The number of ether oxygens (including phenoxy) is 1. The van der Waals surface area contributed by atoms with Crippen molar-refractivity contribution in [2.75, 3.05) is 11.9 Å². The van der Waals surface area contributed by atoms with E-state index in [1.807, 2.05) is 31.2 Å². The molecule has 3 nitrogen and oxygen atoms in total. The van der Waals surface area contributed by atoms with Gasteiger partial charge in [0.25, 0.3) is 0 Å². The van der Waals surface area contributed by atoms with Gasteiger partial charge in [-0.1, -0.05) is 6.42 Å². The van der Waals surface area contributed by atoms with Crippen molar-refractivity contribution in [2.45, 2.75) is 26.2 Å². The molecule has 16 heavy (non-hydrogen) atoms. The summed E-state index contributed by atoms with van der Waals surface area (Å²) in [6.07, 6.45) is 3.24. The Labute approximate surface area is 95.8 Å². The molecule has 0 bridgehead atoms. The zero-order valence-corrected chi connectivity index (χ0v) is 9.53. The molecule has 0 aromatic heterocycles. The van der Waals surface area contributed by atoms with Gasteiger partial charge in [0.2, 0.25) is 5.91 Å². The highest BCUT2D eigenvalue weighted by atomic mass is 16.5. The third kappa shape index (κ3) is 2.54. The third-order valence-corrected chi connectivity index (χ3v) is 2.91. The van der Waals surface area contributed by atoms with Crippen LogP contribution in [0.15, 0.2) is 24.3 Å². The van der Waals surface area contributed by atoms with Gasteiger partial charge in [-0.25, -0.2) is 0 Å². The minimum atomic E-state index is 0.149. The molecule has 1 saturated carbocycles. The third-order valence-electron chi connectivity index (χ3n) is 2.91. The molecule has 1 aliphatic rings. The Bertz CT molecular complexity index is 355. The summed E-state index contributed by atoms with van der Waals surface area (Å²) in [5.74, 6) is 1.21. The topological polar surface area (TPSA) is 38.3 Å². The van der Waals surface area contributed by atoms with Crippen LogP contribution in [0.2, 0.25) is 0 Å². The molecular weight excluding hydrogens is 202 g/mol. The highest BCUT2D eigenvalue weighted by Crippen LogP contribution is 2.27. The van der Waals surface area contributed by atoms with Gasteiger partial charge in [0.1, 0.15) is 5.75 Å². The average molecular weight is 219 g/mol. The number of hydrogen-bond donors (Lipinski definition) is 1. The molecule has 0 radical (unpaired) electrons. The van der Waals surface area contributed by atoms with Crippen LogP contribution < -0.4 is 10.1 Å². The summed E-state index contributed by atoms with van der Waals surface area (Å²) in [5.41, 5.74) is 0.848. The van der Waals surface area contributed by atoms with Crippen molar-refractivity contribution in [3.05, 3.63) is 24.3 Å². The molecule has 0 atom stereocenters. The lowest BCUT2D eigenvalue weighted by Gasteiger charge is -2.24. The summed E-state index contributed by atoms with van der Waals surface area (Å²) in [4.78, 5) is 11.7. The quantitative estimate of drug-likeness (QED) is 0.845. The Kier molecular flexibility index (Phi) is 3.44. The molecule has 0 unspecified atom stereocenters. The summed E-state index contributed by atoms with van der Waals surface area (Å²) in [7, 11) is 0. The smallest absolute Gasteiger partial charge is 0.227 e. The molecule has 1 N–H and O–H groups in total. The number of carbonyl (C=O) groups excluding carboxylic acids is 1. The fraction of sp³-hybridized carbons (Fsp3) is 0.462. The number of rotatable bonds is 4. The first-order chi connectivity index (χ1) is 7.79.